The number of hydrogen-bond donors (Lipinski definition) is 0. The van der Waals surface area contributed by atoms with Crippen LogP contribution < -0.4 is 0 Å². The maximum Gasteiger partial charge on any atom is 0.416 e. The van der Waals surface area contributed by atoms with Crippen LogP contribution in [0.15, 0.2) is 200 Å². The third-order valence-electron chi connectivity index (χ3n) is 14.8. The highest BCUT2D eigenvalue weighted by molar-refractivity contribution is 6.14. The maximum atomic E-state index is 14.9. The molecule has 0 amide bonds. The van der Waals surface area contributed by atoms with Crippen LogP contribution in [0, 0.1) is 45.9 Å². The van der Waals surface area contributed by atoms with E-state index in [1.165, 1.54) is 12.1 Å². The molecule has 0 unspecified atom stereocenters. The summed E-state index contributed by atoms with van der Waals surface area (Å²) < 4.78 is 49.1. The lowest BCUT2D eigenvalue weighted by Gasteiger charge is -2.20. The zero-order valence-corrected chi connectivity index (χ0v) is 41.0. The van der Waals surface area contributed by atoms with Gasteiger partial charge in [-0.15, -0.1) is 0 Å². The second-order valence-corrected chi connectivity index (χ2v) is 19.4. The van der Waals surface area contributed by atoms with Gasteiger partial charge in [-0.2, -0.15) is 18.4 Å². The van der Waals surface area contributed by atoms with Crippen molar-refractivity contribution in [3.63, 3.8) is 0 Å². The molecule has 0 aliphatic rings. The Morgan fingerprint density at radius 1 is 0.356 bits per heavy atom. The lowest BCUT2D eigenvalue weighted by Crippen LogP contribution is -2.07. The van der Waals surface area contributed by atoms with Crippen LogP contribution in [0.2, 0.25) is 0 Å². The van der Waals surface area contributed by atoms with E-state index >= 15 is 0 Å². The van der Waals surface area contributed by atoms with E-state index in [0.717, 1.165) is 110 Å². The van der Waals surface area contributed by atoms with Crippen molar-refractivity contribution < 1.29 is 13.2 Å². The van der Waals surface area contributed by atoms with Crippen molar-refractivity contribution in [3.8, 4) is 73.1 Å². The Kier molecular flexibility index (Phi) is 10.8. The van der Waals surface area contributed by atoms with Gasteiger partial charge >= 0.3 is 6.18 Å². The topological polar surface area (TPSA) is 33.6 Å². The SMILES string of the molecule is Cc1cc(-c2cc(-n3c4ccc(-c5ccccc5C)cc4c4cc(-c5ccccc5C)ccc43)c(C#N)cc2-n2c3ccc(-c4ccccc4C)cc3c3cc(-c4ccccc4C)ccc32)cc(C(F)(F)F)c1. The molecule has 0 saturated heterocycles. The van der Waals surface area contributed by atoms with Gasteiger partial charge in [0.25, 0.3) is 0 Å². The molecule has 6 heteroatoms. The molecule has 0 aliphatic carbocycles. The summed E-state index contributed by atoms with van der Waals surface area (Å²) in [6.45, 7) is 10.1. The van der Waals surface area contributed by atoms with Gasteiger partial charge in [0.15, 0.2) is 0 Å². The highest BCUT2D eigenvalue weighted by atomic mass is 19.4. The fraction of sp³-hybridized carbons (Fsp3) is 0.0896. The number of benzene rings is 10. The molecule has 12 aromatic rings. The summed E-state index contributed by atoms with van der Waals surface area (Å²) in [4.78, 5) is 0. The van der Waals surface area contributed by atoms with E-state index in [2.05, 4.69) is 164 Å². The van der Waals surface area contributed by atoms with Crippen molar-refractivity contribution in [3.05, 3.63) is 239 Å². The van der Waals surface area contributed by atoms with Gasteiger partial charge in [-0.05, 0) is 185 Å². The summed E-state index contributed by atoms with van der Waals surface area (Å²) in [7, 11) is 0. The molecule has 0 radical (unpaired) electrons. The fourth-order valence-electron chi connectivity index (χ4n) is 11.2. The normalized spacial score (nSPS) is 11.8. The third-order valence-corrected chi connectivity index (χ3v) is 14.8. The van der Waals surface area contributed by atoms with E-state index in [9.17, 15) is 18.4 Å². The molecule has 12 rings (SSSR count). The molecule has 352 valence electrons. The Hall–Kier alpha value is -8.92. The molecule has 0 aliphatic heterocycles. The lowest BCUT2D eigenvalue weighted by molar-refractivity contribution is -0.137. The molecule has 0 fully saturated rings. The summed E-state index contributed by atoms with van der Waals surface area (Å²) in [6.07, 6.45) is -4.60. The molecule has 3 nitrogen and oxygen atoms in total. The molecule has 73 heavy (non-hydrogen) atoms. The Morgan fingerprint density at radius 3 is 1.05 bits per heavy atom. The summed E-state index contributed by atoms with van der Waals surface area (Å²) in [5.41, 5.74) is 18.9. The number of hydrogen-bond acceptors (Lipinski definition) is 1. The second kappa shape index (κ2) is 17.4. The van der Waals surface area contributed by atoms with Crippen LogP contribution in [0.5, 0.6) is 0 Å². The van der Waals surface area contributed by atoms with Crippen molar-refractivity contribution >= 4 is 43.6 Å². The second-order valence-electron chi connectivity index (χ2n) is 19.4. The minimum Gasteiger partial charge on any atom is -0.309 e. The third kappa shape index (κ3) is 7.68. The van der Waals surface area contributed by atoms with Crippen molar-refractivity contribution in [2.75, 3.05) is 0 Å². The van der Waals surface area contributed by atoms with E-state index in [-0.39, 0.29) is 0 Å². The number of fused-ring (bicyclic) bond motifs is 6. The summed E-state index contributed by atoms with van der Waals surface area (Å²) in [5.74, 6) is 0. The van der Waals surface area contributed by atoms with Crippen LogP contribution in [-0.2, 0) is 6.18 Å². The molecular weight excluding hydrogens is 904 g/mol. The molecule has 2 aromatic heterocycles. The van der Waals surface area contributed by atoms with E-state index in [4.69, 9.17) is 0 Å². The van der Waals surface area contributed by atoms with Gasteiger partial charge in [0, 0.05) is 27.1 Å². The zero-order chi connectivity index (χ0) is 50.3. The van der Waals surface area contributed by atoms with Crippen LogP contribution in [-0.4, -0.2) is 9.13 Å². The Bertz CT molecular complexity index is 4070. The Labute approximate surface area is 422 Å². The van der Waals surface area contributed by atoms with Gasteiger partial charge in [-0.3, -0.25) is 0 Å². The van der Waals surface area contributed by atoms with Gasteiger partial charge in [0.05, 0.1) is 44.6 Å². The Morgan fingerprint density at radius 2 is 0.712 bits per heavy atom. The number of rotatable bonds is 7. The number of alkyl halides is 3. The number of halogens is 3. The molecule has 10 aromatic carbocycles. The number of nitriles is 1. The van der Waals surface area contributed by atoms with E-state index < -0.39 is 11.7 Å². The minimum absolute atomic E-state index is 0.371. The molecule has 0 N–H and O–H groups in total. The minimum atomic E-state index is -4.60. The number of nitrogens with zero attached hydrogens (tertiary/aromatic N) is 3. The van der Waals surface area contributed by atoms with Gasteiger partial charge < -0.3 is 9.13 Å². The van der Waals surface area contributed by atoms with Crippen LogP contribution in [0.3, 0.4) is 0 Å². The molecule has 0 spiro atoms. The first kappa shape index (κ1) is 45.2. The first-order chi connectivity index (χ1) is 35.3. The van der Waals surface area contributed by atoms with Crippen LogP contribution in [0.4, 0.5) is 13.2 Å². The molecule has 0 atom stereocenters. The molecule has 0 bridgehead atoms. The largest absolute Gasteiger partial charge is 0.416 e. The van der Waals surface area contributed by atoms with Crippen LogP contribution >= 0.6 is 0 Å². The van der Waals surface area contributed by atoms with Crippen molar-refractivity contribution in [1.82, 2.24) is 9.13 Å². The van der Waals surface area contributed by atoms with Crippen LogP contribution in [0.1, 0.15) is 38.9 Å². The first-order valence-electron chi connectivity index (χ1n) is 24.5. The average Bonchev–Trinajstić information content (AvgIpc) is 3.89. The van der Waals surface area contributed by atoms with Gasteiger partial charge in [-0.25, -0.2) is 0 Å². The fourth-order valence-corrected chi connectivity index (χ4v) is 11.2. The predicted molar refractivity (Wildman–Crippen MR) is 296 cm³/mol. The summed E-state index contributed by atoms with van der Waals surface area (Å²) in [5, 5.41) is 15.4. The average molecular weight is 952 g/mol. The van der Waals surface area contributed by atoms with Gasteiger partial charge in [0.2, 0.25) is 0 Å². The quantitative estimate of drug-likeness (QED) is 0.157. The van der Waals surface area contributed by atoms with Crippen LogP contribution in [0.25, 0.3) is 111 Å². The van der Waals surface area contributed by atoms with E-state index in [1.54, 1.807) is 6.92 Å². The lowest BCUT2D eigenvalue weighted by atomic mass is 9.95. The highest BCUT2D eigenvalue weighted by Crippen LogP contribution is 2.45. The van der Waals surface area contributed by atoms with Gasteiger partial charge in [-0.1, -0.05) is 127 Å². The smallest absolute Gasteiger partial charge is 0.309 e. The van der Waals surface area contributed by atoms with Crippen molar-refractivity contribution in [2.45, 2.75) is 40.8 Å². The first-order valence-corrected chi connectivity index (χ1v) is 24.5. The maximum absolute atomic E-state index is 14.9. The zero-order valence-electron chi connectivity index (χ0n) is 41.0. The number of aromatic nitrogens is 2. The van der Waals surface area contributed by atoms with Crippen molar-refractivity contribution in [2.24, 2.45) is 0 Å². The Balaban J connectivity index is 1.18. The van der Waals surface area contributed by atoms with Crippen molar-refractivity contribution in [1.29, 1.82) is 5.26 Å². The standard InChI is InChI=1S/C67H48F3N3/c1-40-30-49(32-51(31-40)67(68,69)70)56-38-65(72-61-26-22-45(52-18-10-6-14-41(52)2)33-57(61)58-34-46(23-27-62(58)72)53-19-11-7-15-42(53)3)50(39-71)37-66(56)73-63-28-24-47(54-20-12-8-16-43(54)4)35-59(63)60-36-48(25-29-64(60)73)55-21-13-9-17-44(55)5/h6-38H,1-5H3. The molecular formula is C67H48F3N3. The summed E-state index contributed by atoms with van der Waals surface area (Å²) >= 11 is 0. The molecule has 0 saturated carbocycles. The van der Waals surface area contributed by atoms with E-state index in [1.807, 2.05) is 66.7 Å². The highest BCUT2D eigenvalue weighted by Gasteiger charge is 2.32. The number of aryl methyl sites for hydroxylation is 5. The monoisotopic (exact) mass is 951 g/mol. The van der Waals surface area contributed by atoms with E-state index in [0.29, 0.717) is 33.6 Å². The summed E-state index contributed by atoms with van der Waals surface area (Å²) in [6, 6.07) is 69.8. The predicted octanol–water partition coefficient (Wildman–Crippen LogP) is 18.6. The van der Waals surface area contributed by atoms with Gasteiger partial charge in [0.1, 0.15) is 6.07 Å². The molecule has 2 heterocycles.